The molecule has 1 amide bonds. The first-order valence-corrected chi connectivity index (χ1v) is 7.36. The summed E-state index contributed by atoms with van der Waals surface area (Å²) < 4.78 is 0. The number of amides is 1. The highest BCUT2D eigenvalue weighted by Gasteiger charge is 2.49. The number of carbonyl (C=O) groups is 2. The molecule has 3 rings (SSSR count). The molecule has 0 N–H and O–H groups in total. The Labute approximate surface area is 113 Å². The van der Waals surface area contributed by atoms with Crippen LogP contribution in [0.1, 0.15) is 32.1 Å². The quantitative estimate of drug-likeness (QED) is 0.684. The van der Waals surface area contributed by atoms with Crippen LogP contribution < -0.4 is 5.11 Å². The van der Waals surface area contributed by atoms with Gasteiger partial charge in [-0.3, -0.25) is 4.79 Å². The normalized spacial score (nSPS) is 37.4. The number of nitrogens with zero attached hydrogens (tertiary/aromatic N) is 1. The maximum absolute atomic E-state index is 12.7. The van der Waals surface area contributed by atoms with Gasteiger partial charge < -0.3 is 14.8 Å². The van der Waals surface area contributed by atoms with Gasteiger partial charge in [-0.15, -0.1) is 0 Å². The molecule has 1 aliphatic heterocycles. The second-order valence-electron chi connectivity index (χ2n) is 6.06. The minimum atomic E-state index is -1.05. The van der Waals surface area contributed by atoms with Crippen LogP contribution in [0.3, 0.4) is 0 Å². The molecule has 2 bridgehead atoms. The van der Waals surface area contributed by atoms with Crippen molar-refractivity contribution in [2.45, 2.75) is 32.1 Å². The second-order valence-corrected chi connectivity index (χ2v) is 6.06. The summed E-state index contributed by atoms with van der Waals surface area (Å²) in [5.74, 6) is -1.86. The average Bonchev–Trinajstić information content (AvgIpc) is 2.89. The summed E-state index contributed by atoms with van der Waals surface area (Å²) in [7, 11) is 0. The van der Waals surface area contributed by atoms with Gasteiger partial charge in [-0.1, -0.05) is 25.0 Å². The lowest BCUT2D eigenvalue weighted by molar-refractivity contribution is -0.313. The molecule has 1 saturated carbocycles. The highest BCUT2D eigenvalue weighted by molar-refractivity contribution is 5.86. The Kier molecular flexibility index (Phi) is 3.33. The molecule has 4 atom stereocenters. The van der Waals surface area contributed by atoms with Gasteiger partial charge in [-0.2, -0.15) is 0 Å². The van der Waals surface area contributed by atoms with Crippen molar-refractivity contribution in [1.82, 2.24) is 4.90 Å². The summed E-state index contributed by atoms with van der Waals surface area (Å²) in [6, 6.07) is 0. The minimum absolute atomic E-state index is 0.0101. The first kappa shape index (κ1) is 12.7. The fourth-order valence-corrected chi connectivity index (χ4v) is 3.98. The molecule has 0 aromatic carbocycles. The van der Waals surface area contributed by atoms with Crippen molar-refractivity contribution < 1.29 is 14.7 Å². The van der Waals surface area contributed by atoms with Crippen LogP contribution in [0.2, 0.25) is 0 Å². The molecule has 19 heavy (non-hydrogen) atoms. The lowest BCUT2D eigenvalue weighted by Crippen LogP contribution is -2.46. The molecular formula is C15H20NO3-. The first-order chi connectivity index (χ1) is 9.18. The molecule has 0 aromatic rings. The summed E-state index contributed by atoms with van der Waals surface area (Å²) in [4.78, 5) is 25.9. The number of carboxylic acids is 1. The maximum Gasteiger partial charge on any atom is 0.226 e. The molecule has 104 valence electrons. The van der Waals surface area contributed by atoms with Gasteiger partial charge in [0.2, 0.25) is 5.91 Å². The van der Waals surface area contributed by atoms with E-state index >= 15 is 0 Å². The molecular weight excluding hydrogens is 242 g/mol. The van der Waals surface area contributed by atoms with E-state index in [0.717, 1.165) is 32.4 Å². The third-order valence-corrected chi connectivity index (χ3v) is 4.93. The molecule has 0 unspecified atom stereocenters. The summed E-state index contributed by atoms with van der Waals surface area (Å²) in [6.45, 7) is 1.58. The molecule has 0 radical (unpaired) electrons. The summed E-state index contributed by atoms with van der Waals surface area (Å²) >= 11 is 0. The van der Waals surface area contributed by atoms with Gasteiger partial charge in [-0.05, 0) is 31.1 Å². The van der Waals surface area contributed by atoms with E-state index in [4.69, 9.17) is 0 Å². The number of carboxylic acid groups (broad SMARTS) is 1. The largest absolute Gasteiger partial charge is 0.550 e. The SMILES string of the molecule is O=C([O-])[C@@H]1[C@@H](C(=O)N2CCCCCC2)[C@@H]2C=C[C@H]1C2. The van der Waals surface area contributed by atoms with Crippen molar-refractivity contribution in [3.05, 3.63) is 12.2 Å². The monoisotopic (exact) mass is 262 g/mol. The molecule has 4 nitrogen and oxygen atoms in total. The van der Waals surface area contributed by atoms with Gasteiger partial charge in [0.25, 0.3) is 0 Å². The number of aliphatic carboxylic acids is 1. The molecule has 0 spiro atoms. The van der Waals surface area contributed by atoms with Gasteiger partial charge in [0.1, 0.15) is 0 Å². The minimum Gasteiger partial charge on any atom is -0.550 e. The number of hydrogen-bond acceptors (Lipinski definition) is 3. The van der Waals surface area contributed by atoms with Crippen molar-refractivity contribution in [2.75, 3.05) is 13.1 Å². The summed E-state index contributed by atoms with van der Waals surface area (Å²) in [5, 5.41) is 11.3. The van der Waals surface area contributed by atoms with Crippen molar-refractivity contribution >= 4 is 11.9 Å². The topological polar surface area (TPSA) is 60.4 Å². The third-order valence-electron chi connectivity index (χ3n) is 4.93. The molecule has 1 saturated heterocycles. The van der Waals surface area contributed by atoms with E-state index in [1.807, 2.05) is 17.1 Å². The number of likely N-dealkylation sites (tertiary alicyclic amines) is 1. The zero-order chi connectivity index (χ0) is 13.4. The van der Waals surface area contributed by atoms with E-state index in [2.05, 4.69) is 0 Å². The number of rotatable bonds is 2. The van der Waals surface area contributed by atoms with Crippen LogP contribution in [0, 0.1) is 23.7 Å². The lowest BCUT2D eigenvalue weighted by atomic mass is 9.82. The standard InChI is InChI=1S/C15H21NO3/c17-14(16-7-3-1-2-4-8-16)12-10-5-6-11(9-10)13(12)15(18)19/h5-6,10-13H,1-4,7-9H2,(H,18,19)/p-1/t10-,11+,12+,13+/m1/s1. The van der Waals surface area contributed by atoms with E-state index in [1.54, 1.807) is 0 Å². The van der Waals surface area contributed by atoms with Gasteiger partial charge in [-0.25, -0.2) is 0 Å². The Hall–Kier alpha value is -1.32. The van der Waals surface area contributed by atoms with Crippen molar-refractivity contribution in [3.63, 3.8) is 0 Å². The van der Waals surface area contributed by atoms with Gasteiger partial charge in [0.15, 0.2) is 0 Å². The zero-order valence-electron chi connectivity index (χ0n) is 11.1. The summed E-state index contributed by atoms with van der Waals surface area (Å²) in [5.41, 5.74) is 0. The Morgan fingerprint density at radius 3 is 2.11 bits per heavy atom. The van der Waals surface area contributed by atoms with E-state index in [1.165, 1.54) is 12.8 Å². The first-order valence-electron chi connectivity index (χ1n) is 7.36. The van der Waals surface area contributed by atoms with Crippen LogP contribution in [-0.2, 0) is 9.59 Å². The molecule has 3 aliphatic rings. The van der Waals surface area contributed by atoms with Crippen molar-refractivity contribution in [2.24, 2.45) is 23.7 Å². The van der Waals surface area contributed by atoms with E-state index < -0.39 is 11.9 Å². The maximum atomic E-state index is 12.7. The third kappa shape index (κ3) is 2.17. The van der Waals surface area contributed by atoms with Gasteiger partial charge in [0.05, 0.1) is 5.92 Å². The predicted octanol–water partition coefficient (Wildman–Crippen LogP) is 0.577. The average molecular weight is 262 g/mol. The molecule has 2 aliphatic carbocycles. The van der Waals surface area contributed by atoms with Gasteiger partial charge in [0, 0.05) is 25.0 Å². The van der Waals surface area contributed by atoms with E-state index in [9.17, 15) is 14.7 Å². The van der Waals surface area contributed by atoms with E-state index in [0.29, 0.717) is 0 Å². The second kappa shape index (κ2) is 4.99. The Morgan fingerprint density at radius 2 is 1.53 bits per heavy atom. The van der Waals surface area contributed by atoms with Crippen LogP contribution in [0.25, 0.3) is 0 Å². The Morgan fingerprint density at radius 1 is 0.947 bits per heavy atom. The smallest absolute Gasteiger partial charge is 0.226 e. The van der Waals surface area contributed by atoms with Crippen LogP contribution >= 0.6 is 0 Å². The van der Waals surface area contributed by atoms with E-state index in [-0.39, 0.29) is 23.7 Å². The molecule has 4 heteroatoms. The number of fused-ring (bicyclic) bond motifs is 2. The highest BCUT2D eigenvalue weighted by atomic mass is 16.4. The number of carbonyl (C=O) groups excluding carboxylic acids is 2. The fraction of sp³-hybridized carbons (Fsp3) is 0.733. The Bertz CT molecular complexity index is 410. The van der Waals surface area contributed by atoms with Crippen LogP contribution in [0.5, 0.6) is 0 Å². The zero-order valence-corrected chi connectivity index (χ0v) is 11.1. The number of allylic oxidation sites excluding steroid dienone is 2. The van der Waals surface area contributed by atoms with Crippen molar-refractivity contribution in [3.8, 4) is 0 Å². The fourth-order valence-electron chi connectivity index (χ4n) is 3.98. The summed E-state index contributed by atoms with van der Waals surface area (Å²) in [6.07, 6.45) is 9.22. The predicted molar refractivity (Wildman–Crippen MR) is 67.8 cm³/mol. The lowest BCUT2D eigenvalue weighted by Gasteiger charge is -2.32. The molecule has 0 aromatic heterocycles. The Balaban J connectivity index is 1.78. The highest BCUT2D eigenvalue weighted by Crippen LogP contribution is 2.48. The van der Waals surface area contributed by atoms with Crippen LogP contribution in [0.4, 0.5) is 0 Å². The van der Waals surface area contributed by atoms with Crippen molar-refractivity contribution in [1.29, 1.82) is 0 Å². The molecule has 2 fully saturated rings. The molecule has 1 heterocycles. The number of hydrogen-bond donors (Lipinski definition) is 0. The van der Waals surface area contributed by atoms with Gasteiger partial charge >= 0.3 is 0 Å². The van der Waals surface area contributed by atoms with Crippen LogP contribution in [-0.4, -0.2) is 29.9 Å². The van der Waals surface area contributed by atoms with Crippen LogP contribution in [0.15, 0.2) is 12.2 Å².